The molecule has 1 aliphatic carbocycles. The van der Waals surface area contributed by atoms with Crippen LogP contribution in [-0.2, 0) is 4.79 Å². The highest BCUT2D eigenvalue weighted by atomic mass is 35.5. The van der Waals surface area contributed by atoms with Crippen LogP contribution in [0.2, 0.25) is 0 Å². The molecule has 0 heterocycles. The number of alkyl halides is 1. The van der Waals surface area contributed by atoms with Gasteiger partial charge in [-0.15, -0.1) is 0 Å². The molecule has 0 saturated heterocycles. The van der Waals surface area contributed by atoms with E-state index >= 15 is 0 Å². The summed E-state index contributed by atoms with van der Waals surface area (Å²) in [5, 5.41) is -0.471. The predicted octanol–water partition coefficient (Wildman–Crippen LogP) is 2.61. The van der Waals surface area contributed by atoms with Crippen molar-refractivity contribution in [2.24, 2.45) is 5.92 Å². The van der Waals surface area contributed by atoms with Crippen molar-refractivity contribution in [1.29, 1.82) is 0 Å². The van der Waals surface area contributed by atoms with Crippen molar-refractivity contribution in [3.8, 4) is 0 Å². The Hall–Kier alpha value is -0.630. The van der Waals surface area contributed by atoms with Crippen LogP contribution in [0, 0.1) is 5.92 Å². The Bertz CT molecular complexity index is 266. The highest BCUT2D eigenvalue weighted by molar-refractivity contribution is 6.64. The van der Waals surface area contributed by atoms with Crippen LogP contribution in [0.4, 0.5) is 4.39 Å². The lowest BCUT2D eigenvalue weighted by Gasteiger charge is -2.22. The first-order valence-corrected chi connectivity index (χ1v) is 4.08. The van der Waals surface area contributed by atoms with Crippen molar-refractivity contribution >= 4 is 16.8 Å². The molecule has 1 nitrogen and oxygen atoms in total. The van der Waals surface area contributed by atoms with Gasteiger partial charge in [0, 0.05) is 0 Å². The van der Waals surface area contributed by atoms with Crippen LogP contribution in [0.5, 0.6) is 0 Å². The number of hydrogen-bond acceptors (Lipinski definition) is 1. The highest BCUT2D eigenvalue weighted by Gasteiger charge is 2.27. The van der Waals surface area contributed by atoms with Gasteiger partial charge in [0.15, 0.2) is 0 Å². The van der Waals surface area contributed by atoms with E-state index < -0.39 is 16.8 Å². The molecule has 0 N–H and O–H groups in total. The summed E-state index contributed by atoms with van der Waals surface area (Å²) in [6.45, 7) is 3.10. The van der Waals surface area contributed by atoms with Gasteiger partial charge in [0.1, 0.15) is 5.67 Å². The maximum Gasteiger partial charge on any atom is 0.232 e. The first-order chi connectivity index (χ1) is 5.43. The fraction of sp³-hybridized carbons (Fsp3) is 0.444. The Morgan fingerprint density at radius 3 is 2.75 bits per heavy atom. The second-order valence-corrected chi connectivity index (χ2v) is 3.49. The third kappa shape index (κ3) is 1.75. The van der Waals surface area contributed by atoms with Crippen molar-refractivity contribution in [1.82, 2.24) is 0 Å². The van der Waals surface area contributed by atoms with E-state index in [2.05, 4.69) is 0 Å². The molecule has 1 rings (SSSR count). The van der Waals surface area contributed by atoms with E-state index in [9.17, 15) is 9.18 Å². The van der Waals surface area contributed by atoms with Crippen molar-refractivity contribution in [2.45, 2.75) is 19.5 Å². The maximum absolute atomic E-state index is 13.4. The van der Waals surface area contributed by atoms with Crippen LogP contribution in [0.25, 0.3) is 0 Å². The third-order valence-corrected chi connectivity index (χ3v) is 2.33. The van der Waals surface area contributed by atoms with Gasteiger partial charge in [-0.25, -0.2) is 4.39 Å². The fourth-order valence-corrected chi connectivity index (χ4v) is 1.18. The zero-order valence-corrected chi connectivity index (χ0v) is 7.73. The molecule has 0 spiro atoms. The minimum atomic E-state index is -1.43. The van der Waals surface area contributed by atoms with Crippen LogP contribution in [0.3, 0.4) is 0 Å². The zero-order valence-electron chi connectivity index (χ0n) is 6.97. The second-order valence-electron chi connectivity index (χ2n) is 3.11. The Morgan fingerprint density at radius 1 is 1.75 bits per heavy atom. The molecule has 0 aliphatic heterocycles. The number of hydrogen-bond donors (Lipinski definition) is 0. The monoisotopic (exact) mass is 188 g/mol. The molecule has 0 aromatic carbocycles. The van der Waals surface area contributed by atoms with Gasteiger partial charge in [-0.3, -0.25) is 4.79 Å². The lowest BCUT2D eigenvalue weighted by Crippen LogP contribution is -2.22. The summed E-state index contributed by atoms with van der Waals surface area (Å²) in [7, 11) is 0. The van der Waals surface area contributed by atoms with Gasteiger partial charge >= 0.3 is 0 Å². The van der Waals surface area contributed by atoms with Gasteiger partial charge in [-0.1, -0.05) is 12.2 Å². The summed E-state index contributed by atoms with van der Waals surface area (Å²) in [4.78, 5) is 10.7. The van der Waals surface area contributed by atoms with E-state index in [-0.39, 0.29) is 0 Å². The van der Waals surface area contributed by atoms with Gasteiger partial charge in [0.2, 0.25) is 5.24 Å². The van der Waals surface area contributed by atoms with Crippen molar-refractivity contribution in [2.75, 3.05) is 0 Å². The Morgan fingerprint density at radius 2 is 2.33 bits per heavy atom. The molecule has 1 aliphatic rings. The van der Waals surface area contributed by atoms with E-state index in [1.54, 1.807) is 13.0 Å². The van der Waals surface area contributed by atoms with Crippen molar-refractivity contribution in [3.05, 3.63) is 23.8 Å². The average Bonchev–Trinajstić information content (AvgIpc) is 1.94. The Labute approximate surface area is 75.9 Å². The van der Waals surface area contributed by atoms with E-state index in [1.807, 2.05) is 0 Å². The molecule has 0 aromatic heterocycles. The van der Waals surface area contributed by atoms with Crippen LogP contribution in [0.15, 0.2) is 23.8 Å². The standard InChI is InChI=1S/C9H10ClFO/c1-6-5-7(8(10)12)3-4-9(6,2)11/h3-5,7H,1-2H3. The summed E-state index contributed by atoms with van der Waals surface area (Å²) in [6, 6.07) is 0. The largest absolute Gasteiger partial charge is 0.280 e. The number of carbonyl (C=O) groups is 1. The molecule has 0 fully saturated rings. The molecule has 0 saturated carbocycles. The summed E-state index contributed by atoms with van der Waals surface area (Å²) in [5.74, 6) is -0.463. The first kappa shape index (κ1) is 9.46. The number of halogens is 2. The van der Waals surface area contributed by atoms with Gasteiger partial charge in [0.25, 0.3) is 0 Å². The Kier molecular flexibility index (Phi) is 2.38. The lowest BCUT2D eigenvalue weighted by molar-refractivity contribution is -0.112. The van der Waals surface area contributed by atoms with E-state index in [4.69, 9.17) is 11.6 Å². The van der Waals surface area contributed by atoms with Crippen LogP contribution >= 0.6 is 11.6 Å². The minimum absolute atomic E-state index is 0.463. The molecule has 0 bridgehead atoms. The van der Waals surface area contributed by atoms with Gasteiger partial charge < -0.3 is 0 Å². The molecule has 66 valence electrons. The van der Waals surface area contributed by atoms with Gasteiger partial charge in [-0.05, 0) is 37.1 Å². The molecule has 2 atom stereocenters. The molecule has 0 radical (unpaired) electrons. The molecule has 2 unspecified atom stereocenters. The topological polar surface area (TPSA) is 17.1 Å². The molecular weight excluding hydrogens is 179 g/mol. The van der Waals surface area contributed by atoms with Crippen molar-refractivity contribution < 1.29 is 9.18 Å². The summed E-state index contributed by atoms with van der Waals surface area (Å²) >= 11 is 5.26. The van der Waals surface area contributed by atoms with Crippen LogP contribution in [-0.4, -0.2) is 10.9 Å². The Balaban J connectivity index is 2.90. The summed E-state index contributed by atoms with van der Waals surface area (Å²) in [6.07, 6.45) is 4.41. The number of carbonyl (C=O) groups excluding carboxylic acids is 1. The third-order valence-electron chi connectivity index (χ3n) is 2.08. The van der Waals surface area contributed by atoms with Crippen molar-refractivity contribution in [3.63, 3.8) is 0 Å². The smallest absolute Gasteiger partial charge is 0.232 e. The predicted molar refractivity (Wildman–Crippen MR) is 46.8 cm³/mol. The summed E-state index contributed by atoms with van der Waals surface area (Å²) in [5.41, 5.74) is -0.896. The molecule has 3 heteroatoms. The SMILES string of the molecule is CC1=CC(C(=O)Cl)C=CC1(C)F. The van der Waals surface area contributed by atoms with Crippen LogP contribution < -0.4 is 0 Å². The lowest BCUT2D eigenvalue weighted by atomic mass is 9.89. The molecule has 0 amide bonds. The maximum atomic E-state index is 13.4. The number of allylic oxidation sites excluding steroid dienone is 4. The molecule has 0 aromatic rings. The average molecular weight is 189 g/mol. The van der Waals surface area contributed by atoms with Gasteiger partial charge in [-0.2, -0.15) is 0 Å². The van der Waals surface area contributed by atoms with E-state index in [1.165, 1.54) is 19.1 Å². The number of rotatable bonds is 1. The fourth-order valence-electron chi connectivity index (χ4n) is 1.04. The highest BCUT2D eigenvalue weighted by Crippen LogP contribution is 2.29. The second kappa shape index (κ2) is 3.02. The first-order valence-electron chi connectivity index (χ1n) is 3.70. The molecular formula is C9H10ClFO. The summed E-state index contributed by atoms with van der Waals surface area (Å²) < 4.78 is 13.4. The zero-order chi connectivity index (χ0) is 9.35. The van der Waals surface area contributed by atoms with E-state index in [0.717, 1.165) is 0 Å². The van der Waals surface area contributed by atoms with E-state index in [0.29, 0.717) is 5.57 Å². The molecule has 12 heavy (non-hydrogen) atoms. The normalized spacial score (nSPS) is 34.7. The van der Waals surface area contributed by atoms with Gasteiger partial charge in [0.05, 0.1) is 5.92 Å². The van der Waals surface area contributed by atoms with Crippen LogP contribution in [0.1, 0.15) is 13.8 Å². The minimum Gasteiger partial charge on any atom is -0.280 e. The quantitative estimate of drug-likeness (QED) is 0.457.